The van der Waals surface area contributed by atoms with Gasteiger partial charge in [-0.3, -0.25) is 9.10 Å². The van der Waals surface area contributed by atoms with Crippen molar-refractivity contribution in [1.29, 1.82) is 0 Å². The fourth-order valence-electron chi connectivity index (χ4n) is 2.68. The van der Waals surface area contributed by atoms with Crippen LogP contribution in [0.1, 0.15) is 5.56 Å². The molecule has 1 amide bonds. The normalized spacial score (nSPS) is 11.3. The van der Waals surface area contributed by atoms with Crippen LogP contribution in [0.3, 0.4) is 0 Å². The van der Waals surface area contributed by atoms with Crippen molar-refractivity contribution in [2.75, 3.05) is 18.0 Å². The number of methoxy groups -OCH3 is 1. The molecule has 0 saturated heterocycles. The first kappa shape index (κ1) is 22.5. The van der Waals surface area contributed by atoms with Crippen molar-refractivity contribution < 1.29 is 17.9 Å². The Morgan fingerprint density at radius 3 is 2.29 bits per heavy atom. The molecule has 0 saturated carbocycles. The minimum Gasteiger partial charge on any atom is -0.497 e. The summed E-state index contributed by atoms with van der Waals surface area (Å²) in [5.74, 6) is -0.00644. The number of amides is 1. The zero-order valence-corrected chi connectivity index (χ0v) is 19.0. The Labute approximate surface area is 189 Å². The predicted molar refractivity (Wildman–Crippen MR) is 124 cm³/mol. The van der Waals surface area contributed by atoms with Crippen molar-refractivity contribution >= 4 is 43.8 Å². The Morgan fingerprint density at radius 2 is 1.68 bits per heavy atom. The number of carbonyl (C=O) groups is 1. The zero-order chi connectivity index (χ0) is 22.3. The first-order valence-electron chi connectivity index (χ1n) is 9.19. The number of halogens is 1. The molecule has 3 rings (SSSR count). The second-order valence-electron chi connectivity index (χ2n) is 6.37. The molecule has 3 aromatic carbocycles. The average Bonchev–Trinajstić information content (AvgIpc) is 2.79. The number of anilines is 1. The van der Waals surface area contributed by atoms with Gasteiger partial charge in [0.2, 0.25) is 0 Å². The van der Waals surface area contributed by atoms with E-state index in [2.05, 4.69) is 26.5 Å². The number of hydrogen-bond donors (Lipinski definition) is 1. The molecule has 0 heterocycles. The van der Waals surface area contributed by atoms with Gasteiger partial charge in [-0.2, -0.15) is 5.10 Å². The first-order chi connectivity index (χ1) is 14.9. The lowest BCUT2D eigenvalue weighted by Gasteiger charge is -2.23. The van der Waals surface area contributed by atoms with Crippen LogP contribution >= 0.6 is 15.9 Å². The first-order valence-corrected chi connectivity index (χ1v) is 11.4. The summed E-state index contributed by atoms with van der Waals surface area (Å²) in [5.41, 5.74) is 3.50. The standard InChI is InChI=1S/C22H20BrN3O4S/c1-30-20-13-11-19(12-14-20)26(31(28,29)21-5-3-2-4-6-21)16-22(27)25-24-15-17-7-9-18(23)10-8-17/h2-15H,16H2,1H3,(H,25,27)/b24-15-. The van der Waals surface area contributed by atoms with Crippen LogP contribution in [-0.2, 0) is 14.8 Å². The molecule has 0 spiro atoms. The summed E-state index contributed by atoms with van der Waals surface area (Å²) in [6.07, 6.45) is 1.48. The average molecular weight is 502 g/mol. The van der Waals surface area contributed by atoms with E-state index >= 15 is 0 Å². The number of hydrazone groups is 1. The van der Waals surface area contributed by atoms with Gasteiger partial charge in [0.1, 0.15) is 12.3 Å². The van der Waals surface area contributed by atoms with E-state index < -0.39 is 22.5 Å². The Morgan fingerprint density at radius 1 is 1.03 bits per heavy atom. The lowest BCUT2D eigenvalue weighted by Crippen LogP contribution is -2.39. The maximum Gasteiger partial charge on any atom is 0.264 e. The number of hydrogen-bond acceptors (Lipinski definition) is 5. The Kier molecular flexibility index (Phi) is 7.43. The Hall–Kier alpha value is -3.17. The second kappa shape index (κ2) is 10.2. The number of nitrogens with zero attached hydrogens (tertiary/aromatic N) is 2. The number of benzene rings is 3. The molecule has 9 heteroatoms. The molecule has 0 aliphatic heterocycles. The largest absolute Gasteiger partial charge is 0.497 e. The number of ether oxygens (including phenoxy) is 1. The molecule has 0 aromatic heterocycles. The fourth-order valence-corrected chi connectivity index (χ4v) is 4.38. The third-order valence-electron chi connectivity index (χ3n) is 4.25. The van der Waals surface area contributed by atoms with Gasteiger partial charge >= 0.3 is 0 Å². The highest BCUT2D eigenvalue weighted by Gasteiger charge is 2.27. The van der Waals surface area contributed by atoms with Crippen LogP contribution in [0.25, 0.3) is 0 Å². The topological polar surface area (TPSA) is 88.1 Å². The second-order valence-corrected chi connectivity index (χ2v) is 9.15. The molecule has 31 heavy (non-hydrogen) atoms. The number of carbonyl (C=O) groups excluding carboxylic acids is 1. The summed E-state index contributed by atoms with van der Waals surface area (Å²) in [7, 11) is -2.46. The highest BCUT2D eigenvalue weighted by atomic mass is 79.9. The van der Waals surface area contributed by atoms with Crippen molar-refractivity contribution in [3.8, 4) is 5.75 Å². The third kappa shape index (κ3) is 5.93. The molecular formula is C22H20BrN3O4S. The van der Waals surface area contributed by atoms with Crippen molar-refractivity contribution in [3.05, 3.63) is 88.9 Å². The molecule has 0 unspecified atom stereocenters. The maximum atomic E-state index is 13.2. The fraction of sp³-hybridized carbons (Fsp3) is 0.0909. The molecule has 0 aliphatic rings. The number of sulfonamides is 1. The van der Waals surface area contributed by atoms with E-state index in [0.29, 0.717) is 11.4 Å². The molecule has 0 aliphatic carbocycles. The van der Waals surface area contributed by atoms with Gasteiger partial charge in [-0.25, -0.2) is 13.8 Å². The molecule has 3 aromatic rings. The van der Waals surface area contributed by atoms with Gasteiger partial charge in [-0.15, -0.1) is 0 Å². The number of rotatable bonds is 8. The van der Waals surface area contributed by atoms with E-state index in [1.807, 2.05) is 24.3 Å². The van der Waals surface area contributed by atoms with Gasteiger partial charge in [0, 0.05) is 4.47 Å². The van der Waals surface area contributed by atoms with Crippen molar-refractivity contribution in [1.82, 2.24) is 5.43 Å². The molecule has 160 valence electrons. The summed E-state index contributed by atoms with van der Waals surface area (Å²) in [6, 6.07) is 21.7. The summed E-state index contributed by atoms with van der Waals surface area (Å²) < 4.78 is 33.5. The summed E-state index contributed by atoms with van der Waals surface area (Å²) in [6.45, 7) is -0.443. The monoisotopic (exact) mass is 501 g/mol. The quantitative estimate of drug-likeness (QED) is 0.375. The highest BCUT2D eigenvalue weighted by Crippen LogP contribution is 2.25. The van der Waals surface area contributed by atoms with Crippen molar-refractivity contribution in [2.45, 2.75) is 4.90 Å². The minimum absolute atomic E-state index is 0.0805. The molecular weight excluding hydrogens is 482 g/mol. The van der Waals surface area contributed by atoms with E-state index in [9.17, 15) is 13.2 Å². The van der Waals surface area contributed by atoms with Gasteiger partial charge < -0.3 is 4.74 Å². The summed E-state index contributed by atoms with van der Waals surface area (Å²) in [4.78, 5) is 12.6. The molecule has 1 N–H and O–H groups in total. The van der Waals surface area contributed by atoms with Gasteiger partial charge in [-0.05, 0) is 54.1 Å². The van der Waals surface area contributed by atoms with E-state index in [0.717, 1.165) is 14.3 Å². The summed E-state index contributed by atoms with van der Waals surface area (Å²) in [5, 5.41) is 3.92. The maximum absolute atomic E-state index is 13.2. The van der Waals surface area contributed by atoms with E-state index in [-0.39, 0.29) is 4.90 Å². The third-order valence-corrected chi connectivity index (χ3v) is 6.57. The smallest absolute Gasteiger partial charge is 0.264 e. The minimum atomic E-state index is -3.98. The highest BCUT2D eigenvalue weighted by molar-refractivity contribution is 9.10. The lowest BCUT2D eigenvalue weighted by atomic mass is 10.2. The van der Waals surface area contributed by atoms with Crippen LogP contribution in [-0.4, -0.2) is 34.2 Å². The van der Waals surface area contributed by atoms with Gasteiger partial charge in [0.25, 0.3) is 15.9 Å². The molecule has 0 radical (unpaired) electrons. The SMILES string of the molecule is COc1ccc(N(CC(=O)N/N=C\c2ccc(Br)cc2)S(=O)(=O)c2ccccc2)cc1. The molecule has 7 nitrogen and oxygen atoms in total. The van der Waals surface area contributed by atoms with Gasteiger partial charge in [0.15, 0.2) is 0 Å². The lowest BCUT2D eigenvalue weighted by molar-refractivity contribution is -0.119. The van der Waals surface area contributed by atoms with Crippen LogP contribution in [0.15, 0.2) is 93.3 Å². The molecule has 0 atom stereocenters. The van der Waals surface area contributed by atoms with Gasteiger partial charge in [-0.1, -0.05) is 46.3 Å². The van der Waals surface area contributed by atoms with Crippen LogP contribution in [0.5, 0.6) is 5.75 Å². The number of nitrogens with one attached hydrogen (secondary N) is 1. The van der Waals surface area contributed by atoms with E-state index in [4.69, 9.17) is 4.74 Å². The molecule has 0 bridgehead atoms. The Bertz CT molecular complexity index is 1150. The van der Waals surface area contributed by atoms with E-state index in [1.54, 1.807) is 42.5 Å². The van der Waals surface area contributed by atoms with Crippen LogP contribution in [0.4, 0.5) is 5.69 Å². The van der Waals surface area contributed by atoms with E-state index in [1.165, 1.54) is 25.5 Å². The van der Waals surface area contributed by atoms with Crippen LogP contribution in [0.2, 0.25) is 0 Å². The summed E-state index contributed by atoms with van der Waals surface area (Å²) >= 11 is 3.35. The van der Waals surface area contributed by atoms with Crippen molar-refractivity contribution in [2.24, 2.45) is 5.10 Å². The zero-order valence-electron chi connectivity index (χ0n) is 16.6. The predicted octanol–water partition coefficient (Wildman–Crippen LogP) is 3.80. The van der Waals surface area contributed by atoms with Crippen LogP contribution < -0.4 is 14.5 Å². The van der Waals surface area contributed by atoms with Crippen molar-refractivity contribution in [3.63, 3.8) is 0 Å². The molecule has 0 fully saturated rings. The van der Waals surface area contributed by atoms with Gasteiger partial charge in [0.05, 0.1) is 23.9 Å². The Balaban J connectivity index is 1.82. The van der Waals surface area contributed by atoms with Crippen LogP contribution in [0, 0.1) is 0 Å².